The summed E-state index contributed by atoms with van der Waals surface area (Å²) in [6.07, 6.45) is 3.09. The summed E-state index contributed by atoms with van der Waals surface area (Å²) >= 11 is 0. The molecule has 1 aromatic carbocycles. The fourth-order valence-electron chi connectivity index (χ4n) is 3.42. The van der Waals surface area contributed by atoms with Crippen molar-refractivity contribution in [1.29, 1.82) is 0 Å². The Morgan fingerprint density at radius 2 is 1.85 bits per heavy atom. The number of anilines is 2. The molecule has 3 aromatic heterocycles. The molecule has 3 heterocycles. The van der Waals surface area contributed by atoms with Crippen molar-refractivity contribution < 1.29 is 15.3 Å². The normalized spacial score (nSPS) is 13.1. The average molecular weight is 450 g/mol. The van der Waals surface area contributed by atoms with Crippen LogP contribution in [0, 0.1) is 0 Å². The molecule has 172 valence electrons. The van der Waals surface area contributed by atoms with Gasteiger partial charge in [-0.1, -0.05) is 37.3 Å². The highest BCUT2D eigenvalue weighted by Crippen LogP contribution is 2.19. The number of hydrogen-bond donors (Lipinski definition) is 5. The summed E-state index contributed by atoms with van der Waals surface area (Å²) in [5.41, 5.74) is 4.55. The summed E-state index contributed by atoms with van der Waals surface area (Å²) in [6.45, 7) is 1.63. The molecule has 0 saturated heterocycles. The maximum Gasteiger partial charge on any atom is 0.229 e. The molecule has 0 aliphatic carbocycles. The second-order valence-electron chi connectivity index (χ2n) is 7.58. The number of rotatable bonds is 10. The van der Waals surface area contributed by atoms with Crippen molar-refractivity contribution in [2.24, 2.45) is 0 Å². The molecular formula is C23H27N7O3. The molecule has 0 amide bonds. The largest absolute Gasteiger partial charge is 0.394 e. The molecule has 4 rings (SSSR count). The van der Waals surface area contributed by atoms with Gasteiger partial charge in [-0.3, -0.25) is 4.98 Å². The molecule has 10 nitrogen and oxygen atoms in total. The van der Waals surface area contributed by atoms with Crippen LogP contribution in [0.2, 0.25) is 0 Å². The molecule has 0 radical (unpaired) electrons. The van der Waals surface area contributed by atoms with Gasteiger partial charge >= 0.3 is 0 Å². The predicted octanol–water partition coefficient (Wildman–Crippen LogP) is 1.49. The van der Waals surface area contributed by atoms with Gasteiger partial charge < -0.3 is 26.0 Å². The van der Waals surface area contributed by atoms with Crippen LogP contribution in [0.3, 0.4) is 0 Å². The lowest BCUT2D eigenvalue weighted by atomic mass is 10.1. The number of aliphatic hydroxyl groups excluding tert-OH is 3. The smallest absolute Gasteiger partial charge is 0.229 e. The van der Waals surface area contributed by atoms with Gasteiger partial charge in [0.05, 0.1) is 37.3 Å². The SMILES string of the molecule is CCc1cnn2c(NCc3ccc(-c4ccccn4)cc3)nc(N[C@@H](CO)[C@@H](O)CO)nc12. The zero-order valence-corrected chi connectivity index (χ0v) is 18.3. The molecule has 4 aromatic rings. The first kappa shape index (κ1) is 22.6. The lowest BCUT2D eigenvalue weighted by Crippen LogP contribution is -2.39. The molecule has 0 bridgehead atoms. The van der Waals surface area contributed by atoms with E-state index in [1.165, 1.54) is 0 Å². The van der Waals surface area contributed by atoms with Crippen molar-refractivity contribution in [2.75, 3.05) is 23.8 Å². The number of nitrogens with zero attached hydrogens (tertiary/aromatic N) is 5. The summed E-state index contributed by atoms with van der Waals surface area (Å²) in [6, 6.07) is 13.1. The first-order valence-electron chi connectivity index (χ1n) is 10.8. The Kier molecular flexibility index (Phi) is 7.08. The molecule has 0 aliphatic rings. The third-order valence-corrected chi connectivity index (χ3v) is 5.35. The van der Waals surface area contributed by atoms with Crippen LogP contribution in [0.5, 0.6) is 0 Å². The highest BCUT2D eigenvalue weighted by Gasteiger charge is 2.20. The Labute approximate surface area is 191 Å². The quantitative estimate of drug-likeness (QED) is 0.243. The number of pyridine rings is 1. The average Bonchev–Trinajstić information content (AvgIpc) is 3.29. The van der Waals surface area contributed by atoms with E-state index in [0.717, 1.165) is 28.8 Å². The van der Waals surface area contributed by atoms with Crippen molar-refractivity contribution in [3.05, 3.63) is 66.0 Å². The van der Waals surface area contributed by atoms with Crippen LogP contribution in [0.1, 0.15) is 18.1 Å². The van der Waals surface area contributed by atoms with Crippen molar-refractivity contribution in [3.63, 3.8) is 0 Å². The number of aryl methyl sites for hydroxylation is 1. The number of aromatic nitrogens is 5. The predicted molar refractivity (Wildman–Crippen MR) is 125 cm³/mol. The van der Waals surface area contributed by atoms with E-state index in [2.05, 4.69) is 30.7 Å². The molecule has 33 heavy (non-hydrogen) atoms. The molecule has 0 saturated carbocycles. The van der Waals surface area contributed by atoms with Gasteiger partial charge in [-0.15, -0.1) is 0 Å². The first-order valence-corrected chi connectivity index (χ1v) is 10.8. The fraction of sp³-hybridized carbons (Fsp3) is 0.304. The van der Waals surface area contributed by atoms with E-state index in [1.54, 1.807) is 16.9 Å². The zero-order valence-electron chi connectivity index (χ0n) is 18.3. The summed E-state index contributed by atoms with van der Waals surface area (Å²) in [7, 11) is 0. The fourth-order valence-corrected chi connectivity index (χ4v) is 3.42. The van der Waals surface area contributed by atoms with Crippen molar-refractivity contribution in [3.8, 4) is 11.3 Å². The van der Waals surface area contributed by atoms with E-state index < -0.39 is 18.8 Å². The second kappa shape index (κ2) is 10.3. The van der Waals surface area contributed by atoms with Crippen LogP contribution in [0.4, 0.5) is 11.9 Å². The van der Waals surface area contributed by atoms with Crippen LogP contribution < -0.4 is 10.6 Å². The topological polar surface area (TPSA) is 141 Å². The number of benzene rings is 1. The van der Waals surface area contributed by atoms with Crippen LogP contribution in [-0.4, -0.2) is 65.2 Å². The van der Waals surface area contributed by atoms with E-state index in [4.69, 9.17) is 0 Å². The highest BCUT2D eigenvalue weighted by atomic mass is 16.3. The van der Waals surface area contributed by atoms with Crippen LogP contribution in [0.15, 0.2) is 54.9 Å². The van der Waals surface area contributed by atoms with Gasteiger partial charge in [0.15, 0.2) is 5.65 Å². The number of aliphatic hydroxyl groups is 3. The van der Waals surface area contributed by atoms with Gasteiger partial charge in [0.2, 0.25) is 11.9 Å². The lowest BCUT2D eigenvalue weighted by molar-refractivity contribution is 0.0610. The third-order valence-electron chi connectivity index (χ3n) is 5.35. The van der Waals surface area contributed by atoms with E-state index in [0.29, 0.717) is 18.1 Å². The Bertz CT molecular complexity index is 1180. The molecule has 0 aliphatic heterocycles. The Balaban J connectivity index is 1.57. The summed E-state index contributed by atoms with van der Waals surface area (Å²) in [4.78, 5) is 13.4. The maximum atomic E-state index is 9.91. The van der Waals surface area contributed by atoms with Gasteiger partial charge in [-0.25, -0.2) is 0 Å². The minimum Gasteiger partial charge on any atom is -0.394 e. The van der Waals surface area contributed by atoms with Crippen LogP contribution in [0.25, 0.3) is 16.9 Å². The molecule has 0 spiro atoms. The van der Waals surface area contributed by atoms with Crippen molar-refractivity contribution in [2.45, 2.75) is 32.0 Å². The van der Waals surface area contributed by atoms with Crippen molar-refractivity contribution in [1.82, 2.24) is 24.6 Å². The van der Waals surface area contributed by atoms with Gasteiger partial charge in [0.25, 0.3) is 0 Å². The Hall–Kier alpha value is -3.60. The summed E-state index contributed by atoms with van der Waals surface area (Å²) < 4.78 is 1.63. The monoisotopic (exact) mass is 449 g/mol. The zero-order chi connectivity index (χ0) is 23.2. The van der Waals surface area contributed by atoms with Crippen LogP contribution >= 0.6 is 0 Å². The number of fused-ring (bicyclic) bond motifs is 1. The molecule has 0 fully saturated rings. The maximum absolute atomic E-state index is 9.91. The van der Waals surface area contributed by atoms with E-state index in [1.807, 2.05) is 49.4 Å². The molecule has 5 N–H and O–H groups in total. The van der Waals surface area contributed by atoms with Gasteiger partial charge in [0, 0.05) is 23.9 Å². The molecule has 10 heteroatoms. The standard InChI is InChI=1S/C23H27N7O3/c1-2-16-12-26-30-21(16)28-22(27-19(13-31)20(33)14-32)29-23(30)25-11-15-6-8-17(9-7-15)18-5-3-4-10-24-18/h3-10,12,19-20,31-33H,2,11,13-14H2,1H3,(H2,25,27,28,29)/t19-,20-/m0/s1. The second-order valence-corrected chi connectivity index (χ2v) is 7.58. The van der Waals surface area contributed by atoms with Gasteiger partial charge in [-0.05, 0) is 24.1 Å². The third kappa shape index (κ3) is 5.08. The van der Waals surface area contributed by atoms with Gasteiger partial charge in [0.1, 0.15) is 0 Å². The highest BCUT2D eigenvalue weighted by molar-refractivity contribution is 5.59. The Morgan fingerprint density at radius 3 is 2.52 bits per heavy atom. The van der Waals surface area contributed by atoms with E-state index in [-0.39, 0.29) is 12.6 Å². The molecule has 0 unspecified atom stereocenters. The number of hydrogen-bond acceptors (Lipinski definition) is 9. The van der Waals surface area contributed by atoms with Gasteiger partial charge in [-0.2, -0.15) is 19.6 Å². The molecule has 2 atom stereocenters. The lowest BCUT2D eigenvalue weighted by Gasteiger charge is -2.21. The first-order chi connectivity index (χ1) is 16.1. The van der Waals surface area contributed by atoms with E-state index >= 15 is 0 Å². The minimum absolute atomic E-state index is 0.220. The van der Waals surface area contributed by atoms with Crippen LogP contribution in [-0.2, 0) is 13.0 Å². The number of nitrogens with one attached hydrogen (secondary N) is 2. The van der Waals surface area contributed by atoms with E-state index in [9.17, 15) is 15.3 Å². The Morgan fingerprint density at radius 1 is 1.03 bits per heavy atom. The summed E-state index contributed by atoms with van der Waals surface area (Å²) in [5.74, 6) is 0.684. The summed E-state index contributed by atoms with van der Waals surface area (Å²) in [5, 5.41) is 39.3. The molecular weight excluding hydrogens is 422 g/mol. The minimum atomic E-state index is -1.15. The van der Waals surface area contributed by atoms with Crippen molar-refractivity contribution >= 4 is 17.5 Å².